The molecule has 1 aromatic heterocycles. The van der Waals surface area contributed by atoms with E-state index in [2.05, 4.69) is 0 Å². The molecule has 2 heterocycles. The fourth-order valence-corrected chi connectivity index (χ4v) is 3.66. The molecule has 0 saturated heterocycles. The van der Waals surface area contributed by atoms with Crippen LogP contribution in [0.2, 0.25) is 0 Å². The number of benzene rings is 2. The average molecular weight is 380 g/mol. The smallest absolute Gasteiger partial charge is 0.419 e. The first-order valence-corrected chi connectivity index (χ1v) is 9.18. The van der Waals surface area contributed by atoms with E-state index >= 15 is 0 Å². The molecule has 1 atom stereocenters. The lowest BCUT2D eigenvalue weighted by atomic mass is 10.1. The largest absolute Gasteiger partial charge is 0.455 e. The average Bonchev–Trinajstić information content (AvgIpc) is 3.19. The fraction of sp³-hybridized carbons (Fsp3) is 0.286. The highest BCUT2D eigenvalue weighted by molar-refractivity contribution is 5.97. The maximum absolute atomic E-state index is 12.6. The van der Waals surface area contributed by atoms with Gasteiger partial charge in [-0.3, -0.25) is 14.2 Å². The standard InChI is InChI=1S/C21H20N2O5/c1-14-12-15-6-2-3-7-16(15)23(14)19(24)13-27-20(25)10-11-22-17-8-4-5-9-18(17)28-21(22)26/h2-9,14H,10-13H2,1H3/t14-/m1/s1. The van der Waals surface area contributed by atoms with E-state index in [1.807, 2.05) is 31.2 Å². The Labute approximate surface area is 161 Å². The fourth-order valence-electron chi connectivity index (χ4n) is 3.66. The molecule has 7 nitrogen and oxygen atoms in total. The molecule has 3 aromatic rings. The zero-order chi connectivity index (χ0) is 19.7. The van der Waals surface area contributed by atoms with Crippen LogP contribution in [0.25, 0.3) is 11.1 Å². The Morgan fingerprint density at radius 1 is 1.14 bits per heavy atom. The number of amides is 1. The Balaban J connectivity index is 1.35. The topological polar surface area (TPSA) is 81.8 Å². The predicted octanol–water partition coefficient (Wildman–Crippen LogP) is 2.51. The maximum Gasteiger partial charge on any atom is 0.419 e. The first-order chi connectivity index (χ1) is 13.5. The number of aryl methyl sites for hydroxylation is 1. The highest BCUT2D eigenvalue weighted by Gasteiger charge is 2.30. The minimum absolute atomic E-state index is 0.0249. The summed E-state index contributed by atoms with van der Waals surface area (Å²) in [7, 11) is 0. The van der Waals surface area contributed by atoms with Gasteiger partial charge in [-0.2, -0.15) is 0 Å². The molecule has 0 spiro atoms. The number of hydrogen-bond acceptors (Lipinski definition) is 5. The monoisotopic (exact) mass is 380 g/mol. The Morgan fingerprint density at radius 2 is 1.89 bits per heavy atom. The van der Waals surface area contributed by atoms with Crippen LogP contribution in [0, 0.1) is 0 Å². The van der Waals surface area contributed by atoms with E-state index in [0.717, 1.165) is 17.7 Å². The molecular formula is C21H20N2O5. The molecule has 0 radical (unpaired) electrons. The molecule has 1 amide bonds. The van der Waals surface area contributed by atoms with Crippen LogP contribution >= 0.6 is 0 Å². The molecule has 2 aromatic carbocycles. The van der Waals surface area contributed by atoms with Gasteiger partial charge in [0.05, 0.1) is 11.9 Å². The van der Waals surface area contributed by atoms with Crippen molar-refractivity contribution in [2.45, 2.75) is 32.4 Å². The first kappa shape index (κ1) is 18.0. The number of oxazole rings is 1. The molecule has 28 heavy (non-hydrogen) atoms. The van der Waals surface area contributed by atoms with E-state index in [-0.39, 0.29) is 31.5 Å². The van der Waals surface area contributed by atoms with E-state index in [4.69, 9.17) is 9.15 Å². The molecular weight excluding hydrogens is 360 g/mol. The quantitative estimate of drug-likeness (QED) is 0.635. The number of carbonyl (C=O) groups is 2. The van der Waals surface area contributed by atoms with Crippen molar-refractivity contribution in [3.63, 3.8) is 0 Å². The van der Waals surface area contributed by atoms with Gasteiger partial charge >= 0.3 is 11.7 Å². The van der Waals surface area contributed by atoms with Gasteiger partial charge in [-0.25, -0.2) is 4.79 Å². The van der Waals surface area contributed by atoms with E-state index < -0.39 is 11.7 Å². The summed E-state index contributed by atoms with van der Waals surface area (Å²) in [5, 5.41) is 0. The number of anilines is 1. The van der Waals surface area contributed by atoms with Crippen molar-refractivity contribution >= 4 is 28.7 Å². The third-order valence-corrected chi connectivity index (χ3v) is 4.95. The molecule has 0 N–H and O–H groups in total. The second-order valence-electron chi connectivity index (χ2n) is 6.84. The third kappa shape index (κ3) is 3.31. The minimum Gasteiger partial charge on any atom is -0.455 e. The van der Waals surface area contributed by atoms with Gasteiger partial charge in [-0.1, -0.05) is 30.3 Å². The number of esters is 1. The lowest BCUT2D eigenvalue weighted by molar-refractivity contribution is -0.148. The Bertz CT molecular complexity index is 1100. The number of fused-ring (bicyclic) bond motifs is 2. The van der Waals surface area contributed by atoms with Gasteiger partial charge in [-0.05, 0) is 37.1 Å². The van der Waals surface area contributed by atoms with Gasteiger partial charge in [0.25, 0.3) is 5.91 Å². The van der Waals surface area contributed by atoms with Gasteiger partial charge in [0.1, 0.15) is 0 Å². The van der Waals surface area contributed by atoms with Crippen LogP contribution in [-0.4, -0.2) is 29.1 Å². The second kappa shape index (κ2) is 7.34. The summed E-state index contributed by atoms with van der Waals surface area (Å²) in [5.41, 5.74) is 3.07. The first-order valence-electron chi connectivity index (χ1n) is 9.18. The molecule has 0 unspecified atom stereocenters. The van der Waals surface area contributed by atoms with Crippen molar-refractivity contribution in [1.29, 1.82) is 0 Å². The van der Waals surface area contributed by atoms with Crippen LogP contribution in [0.15, 0.2) is 57.7 Å². The summed E-state index contributed by atoms with van der Waals surface area (Å²) in [4.78, 5) is 38.3. The van der Waals surface area contributed by atoms with Crippen molar-refractivity contribution < 1.29 is 18.7 Å². The zero-order valence-electron chi connectivity index (χ0n) is 15.5. The number of rotatable bonds is 5. The number of ether oxygens (including phenoxy) is 1. The summed E-state index contributed by atoms with van der Waals surface area (Å²) in [6, 6.07) is 14.8. The minimum atomic E-state index is -0.536. The van der Waals surface area contributed by atoms with E-state index in [9.17, 15) is 14.4 Å². The Morgan fingerprint density at radius 3 is 2.75 bits per heavy atom. The summed E-state index contributed by atoms with van der Waals surface area (Å²) in [5.74, 6) is -1.31. The lowest BCUT2D eigenvalue weighted by Crippen LogP contribution is -2.38. The number of aromatic nitrogens is 1. The van der Waals surface area contributed by atoms with Crippen molar-refractivity contribution in [2.24, 2.45) is 0 Å². The third-order valence-electron chi connectivity index (χ3n) is 4.95. The molecule has 0 saturated carbocycles. The van der Waals surface area contributed by atoms with Crippen LogP contribution in [0.4, 0.5) is 5.69 Å². The van der Waals surface area contributed by atoms with E-state index in [0.29, 0.717) is 11.1 Å². The SMILES string of the molecule is C[C@@H]1Cc2ccccc2N1C(=O)COC(=O)CCn1c(=O)oc2ccccc21. The molecule has 7 heteroatoms. The highest BCUT2D eigenvalue weighted by Crippen LogP contribution is 2.31. The van der Waals surface area contributed by atoms with Gasteiger partial charge in [-0.15, -0.1) is 0 Å². The molecule has 1 aliphatic rings. The second-order valence-corrected chi connectivity index (χ2v) is 6.84. The molecule has 1 aliphatic heterocycles. The molecule has 0 bridgehead atoms. The van der Waals surface area contributed by atoms with Crippen LogP contribution in [0.3, 0.4) is 0 Å². The molecule has 0 aliphatic carbocycles. The van der Waals surface area contributed by atoms with Crippen LogP contribution in [0.1, 0.15) is 18.9 Å². The number of para-hydroxylation sites is 3. The number of carbonyl (C=O) groups excluding carboxylic acids is 2. The van der Waals surface area contributed by atoms with Crippen molar-refractivity contribution in [3.8, 4) is 0 Å². The number of nitrogens with zero attached hydrogens (tertiary/aromatic N) is 2. The molecule has 4 rings (SSSR count). The van der Waals surface area contributed by atoms with Gasteiger partial charge < -0.3 is 14.1 Å². The maximum atomic E-state index is 12.6. The van der Waals surface area contributed by atoms with Gasteiger partial charge in [0.15, 0.2) is 12.2 Å². The summed E-state index contributed by atoms with van der Waals surface area (Å²) >= 11 is 0. The summed E-state index contributed by atoms with van der Waals surface area (Å²) in [6.07, 6.45) is 0.759. The van der Waals surface area contributed by atoms with Crippen LogP contribution in [0.5, 0.6) is 0 Å². The molecule has 144 valence electrons. The van der Waals surface area contributed by atoms with Crippen molar-refractivity contribution in [1.82, 2.24) is 4.57 Å². The van der Waals surface area contributed by atoms with Gasteiger partial charge in [0, 0.05) is 18.3 Å². The zero-order valence-corrected chi connectivity index (χ0v) is 15.5. The normalized spacial score (nSPS) is 15.6. The molecule has 0 fully saturated rings. The Hall–Kier alpha value is -3.35. The lowest BCUT2D eigenvalue weighted by Gasteiger charge is -2.22. The van der Waals surface area contributed by atoms with Crippen molar-refractivity contribution in [3.05, 3.63) is 64.6 Å². The predicted molar refractivity (Wildman–Crippen MR) is 103 cm³/mol. The summed E-state index contributed by atoms with van der Waals surface area (Å²) < 4.78 is 11.7. The summed E-state index contributed by atoms with van der Waals surface area (Å²) in [6.45, 7) is 1.78. The van der Waals surface area contributed by atoms with Crippen LogP contribution < -0.4 is 10.7 Å². The Kier molecular flexibility index (Phi) is 4.73. The number of hydrogen-bond donors (Lipinski definition) is 0. The highest BCUT2D eigenvalue weighted by atomic mass is 16.5. The van der Waals surface area contributed by atoms with E-state index in [1.165, 1.54) is 4.57 Å². The van der Waals surface area contributed by atoms with Crippen LogP contribution in [-0.2, 0) is 27.3 Å². The van der Waals surface area contributed by atoms with Gasteiger partial charge in [0.2, 0.25) is 0 Å². The van der Waals surface area contributed by atoms with E-state index in [1.54, 1.807) is 29.2 Å². The van der Waals surface area contributed by atoms with Crippen molar-refractivity contribution in [2.75, 3.05) is 11.5 Å².